The van der Waals surface area contributed by atoms with Crippen LogP contribution in [0, 0.1) is 0 Å². The van der Waals surface area contributed by atoms with Gasteiger partial charge in [0.25, 0.3) is 0 Å². The second-order valence-corrected chi connectivity index (χ2v) is 5.07. The quantitative estimate of drug-likeness (QED) is 0.908. The number of nitrogens with one attached hydrogen (secondary N) is 1. The first-order chi connectivity index (χ1) is 9.16. The van der Waals surface area contributed by atoms with Crippen LogP contribution in [0.25, 0.3) is 0 Å². The van der Waals surface area contributed by atoms with Gasteiger partial charge in [-0.25, -0.2) is 0 Å². The van der Waals surface area contributed by atoms with E-state index in [1.165, 1.54) is 0 Å². The highest BCUT2D eigenvalue weighted by Crippen LogP contribution is 2.29. The molecule has 0 bridgehead atoms. The zero-order chi connectivity index (χ0) is 13.7. The van der Waals surface area contributed by atoms with Gasteiger partial charge in [0.05, 0.1) is 11.8 Å². The topological polar surface area (TPSA) is 41.6 Å². The van der Waals surface area contributed by atoms with Gasteiger partial charge in [0.1, 0.15) is 5.75 Å². The standard InChI is InChI=1S/C15H22N2O2/c1-12(2)19-14-7-4-3-6-13(14)17-10-5-8-15(18)16-9-11-17/h3-4,6-7,12H,5,8-11H2,1-2H3,(H,16,18). The lowest BCUT2D eigenvalue weighted by Crippen LogP contribution is -2.39. The number of hydrogen-bond acceptors (Lipinski definition) is 3. The van der Waals surface area contributed by atoms with Crippen molar-refractivity contribution in [2.45, 2.75) is 32.8 Å². The number of carbonyl (C=O) groups excluding carboxylic acids is 1. The lowest BCUT2D eigenvalue weighted by Gasteiger charge is -2.29. The molecule has 1 aromatic rings. The van der Waals surface area contributed by atoms with Crippen molar-refractivity contribution in [2.24, 2.45) is 0 Å². The van der Waals surface area contributed by atoms with E-state index >= 15 is 0 Å². The Kier molecular flexibility index (Phi) is 4.66. The Morgan fingerprint density at radius 2 is 2.05 bits per heavy atom. The van der Waals surface area contributed by atoms with Crippen molar-refractivity contribution >= 4 is 11.6 Å². The lowest BCUT2D eigenvalue weighted by atomic mass is 10.2. The van der Waals surface area contributed by atoms with E-state index in [0.717, 1.165) is 30.9 Å². The summed E-state index contributed by atoms with van der Waals surface area (Å²) in [6, 6.07) is 8.11. The second kappa shape index (κ2) is 6.45. The van der Waals surface area contributed by atoms with Crippen LogP contribution in [0.1, 0.15) is 26.7 Å². The van der Waals surface area contributed by atoms with E-state index in [4.69, 9.17) is 4.74 Å². The molecule has 1 aliphatic heterocycles. The first-order valence-electron chi connectivity index (χ1n) is 6.94. The summed E-state index contributed by atoms with van der Waals surface area (Å²) in [5.41, 5.74) is 1.12. The van der Waals surface area contributed by atoms with Crippen molar-refractivity contribution in [3.63, 3.8) is 0 Å². The molecule has 0 spiro atoms. The molecule has 1 fully saturated rings. The second-order valence-electron chi connectivity index (χ2n) is 5.07. The Morgan fingerprint density at radius 3 is 2.84 bits per heavy atom. The van der Waals surface area contributed by atoms with Gasteiger partial charge in [0, 0.05) is 26.1 Å². The predicted molar refractivity (Wildman–Crippen MR) is 76.7 cm³/mol. The van der Waals surface area contributed by atoms with Gasteiger partial charge >= 0.3 is 0 Å². The molecular formula is C15H22N2O2. The number of para-hydroxylation sites is 2. The van der Waals surface area contributed by atoms with Gasteiger partial charge in [-0.2, -0.15) is 0 Å². The van der Waals surface area contributed by atoms with E-state index in [1.807, 2.05) is 32.0 Å². The molecule has 1 aromatic carbocycles. The molecule has 1 N–H and O–H groups in total. The minimum absolute atomic E-state index is 0.159. The Bertz CT molecular complexity index is 420. The normalized spacial score (nSPS) is 16.8. The number of anilines is 1. The number of amides is 1. The van der Waals surface area contributed by atoms with Gasteiger partial charge in [-0.05, 0) is 32.4 Å². The van der Waals surface area contributed by atoms with Gasteiger partial charge in [0.2, 0.25) is 5.91 Å². The van der Waals surface area contributed by atoms with Gasteiger partial charge in [-0.15, -0.1) is 0 Å². The van der Waals surface area contributed by atoms with Crippen LogP contribution in [0.4, 0.5) is 5.69 Å². The fraction of sp³-hybridized carbons (Fsp3) is 0.533. The maximum atomic E-state index is 11.3. The number of benzene rings is 1. The third-order valence-electron chi connectivity index (χ3n) is 3.10. The van der Waals surface area contributed by atoms with E-state index in [9.17, 15) is 4.79 Å². The third-order valence-corrected chi connectivity index (χ3v) is 3.10. The van der Waals surface area contributed by atoms with Crippen molar-refractivity contribution in [3.8, 4) is 5.75 Å². The zero-order valence-electron chi connectivity index (χ0n) is 11.7. The molecule has 0 unspecified atom stereocenters. The van der Waals surface area contributed by atoms with Crippen LogP contribution in [0.2, 0.25) is 0 Å². The fourth-order valence-corrected chi connectivity index (χ4v) is 2.27. The van der Waals surface area contributed by atoms with E-state index in [2.05, 4.69) is 16.3 Å². The van der Waals surface area contributed by atoms with E-state index < -0.39 is 0 Å². The number of nitrogens with zero attached hydrogens (tertiary/aromatic N) is 1. The molecule has 1 saturated heterocycles. The highest BCUT2D eigenvalue weighted by Gasteiger charge is 2.15. The summed E-state index contributed by atoms with van der Waals surface area (Å²) >= 11 is 0. The summed E-state index contributed by atoms with van der Waals surface area (Å²) in [5.74, 6) is 1.08. The maximum Gasteiger partial charge on any atom is 0.220 e. The monoisotopic (exact) mass is 262 g/mol. The van der Waals surface area contributed by atoms with Crippen LogP contribution in [0.3, 0.4) is 0 Å². The minimum atomic E-state index is 0.159. The SMILES string of the molecule is CC(C)Oc1ccccc1N1CCCC(=O)NCC1. The lowest BCUT2D eigenvalue weighted by molar-refractivity contribution is -0.121. The summed E-state index contributed by atoms with van der Waals surface area (Å²) in [6.45, 7) is 6.47. The first-order valence-corrected chi connectivity index (χ1v) is 6.94. The van der Waals surface area contributed by atoms with Crippen molar-refractivity contribution in [1.82, 2.24) is 5.32 Å². The average molecular weight is 262 g/mol. The smallest absolute Gasteiger partial charge is 0.220 e. The summed E-state index contributed by atoms with van der Waals surface area (Å²) in [5, 5.41) is 2.92. The molecule has 1 heterocycles. The van der Waals surface area contributed by atoms with Gasteiger partial charge in [-0.3, -0.25) is 4.79 Å². The van der Waals surface area contributed by atoms with Crippen molar-refractivity contribution in [3.05, 3.63) is 24.3 Å². The summed E-state index contributed by atoms with van der Waals surface area (Å²) in [7, 11) is 0. The van der Waals surface area contributed by atoms with Crippen LogP contribution < -0.4 is 15.0 Å². The number of ether oxygens (including phenoxy) is 1. The fourth-order valence-electron chi connectivity index (χ4n) is 2.27. The average Bonchev–Trinajstić information content (AvgIpc) is 2.34. The molecule has 0 saturated carbocycles. The number of hydrogen-bond donors (Lipinski definition) is 1. The van der Waals surface area contributed by atoms with Crippen molar-refractivity contribution in [1.29, 1.82) is 0 Å². The Labute approximate surface area is 114 Å². The first kappa shape index (κ1) is 13.7. The molecule has 1 amide bonds. The van der Waals surface area contributed by atoms with Gasteiger partial charge in [-0.1, -0.05) is 12.1 Å². The number of carbonyl (C=O) groups is 1. The molecule has 0 atom stereocenters. The van der Waals surface area contributed by atoms with Crippen LogP contribution in [-0.4, -0.2) is 31.6 Å². The van der Waals surface area contributed by atoms with E-state index in [0.29, 0.717) is 13.0 Å². The Morgan fingerprint density at radius 1 is 1.26 bits per heavy atom. The molecule has 0 radical (unpaired) electrons. The van der Waals surface area contributed by atoms with E-state index in [-0.39, 0.29) is 12.0 Å². The molecule has 4 nitrogen and oxygen atoms in total. The molecule has 0 aliphatic carbocycles. The zero-order valence-corrected chi connectivity index (χ0v) is 11.7. The van der Waals surface area contributed by atoms with Crippen molar-refractivity contribution < 1.29 is 9.53 Å². The summed E-state index contributed by atoms with van der Waals surface area (Å²) in [6.07, 6.45) is 1.64. The highest BCUT2D eigenvalue weighted by atomic mass is 16.5. The van der Waals surface area contributed by atoms with Crippen molar-refractivity contribution in [2.75, 3.05) is 24.5 Å². The predicted octanol–water partition coefficient (Wildman–Crippen LogP) is 2.19. The molecule has 4 heteroatoms. The summed E-state index contributed by atoms with van der Waals surface area (Å²) < 4.78 is 5.86. The van der Waals surface area contributed by atoms with Crippen LogP contribution in [-0.2, 0) is 4.79 Å². The largest absolute Gasteiger partial charge is 0.489 e. The Hall–Kier alpha value is -1.71. The van der Waals surface area contributed by atoms with Crippen LogP contribution in [0.15, 0.2) is 24.3 Å². The Balaban J connectivity index is 2.13. The number of rotatable bonds is 3. The van der Waals surface area contributed by atoms with Crippen LogP contribution >= 0.6 is 0 Å². The van der Waals surface area contributed by atoms with Crippen LogP contribution in [0.5, 0.6) is 5.75 Å². The summed E-state index contributed by atoms with van der Waals surface area (Å²) in [4.78, 5) is 13.6. The van der Waals surface area contributed by atoms with E-state index in [1.54, 1.807) is 0 Å². The molecule has 0 aromatic heterocycles. The van der Waals surface area contributed by atoms with Gasteiger partial charge in [0.15, 0.2) is 0 Å². The highest BCUT2D eigenvalue weighted by molar-refractivity contribution is 5.76. The molecular weight excluding hydrogens is 240 g/mol. The molecule has 2 rings (SSSR count). The third kappa shape index (κ3) is 3.88. The van der Waals surface area contributed by atoms with Gasteiger partial charge < -0.3 is 15.0 Å². The molecule has 1 aliphatic rings. The minimum Gasteiger partial charge on any atom is -0.489 e. The molecule has 104 valence electrons. The molecule has 19 heavy (non-hydrogen) atoms. The maximum absolute atomic E-state index is 11.3.